The highest BCUT2D eigenvalue weighted by atomic mass is 16.5. The van der Waals surface area contributed by atoms with E-state index >= 15 is 0 Å². The van der Waals surface area contributed by atoms with E-state index in [1.54, 1.807) is 6.20 Å². The summed E-state index contributed by atoms with van der Waals surface area (Å²) in [6, 6.07) is 16.8. The number of carbonyl (C=O) groups is 1. The lowest BCUT2D eigenvalue weighted by Crippen LogP contribution is -1.96. The number of benzene rings is 2. The van der Waals surface area contributed by atoms with Gasteiger partial charge in [0, 0.05) is 18.0 Å². The molecular weight excluding hydrogens is 266 g/mol. The van der Waals surface area contributed by atoms with Crippen LogP contribution in [0.1, 0.15) is 10.4 Å². The minimum atomic E-state index is -0.958. The first-order valence-corrected chi connectivity index (χ1v) is 6.47. The summed E-state index contributed by atoms with van der Waals surface area (Å²) in [5.74, 6) is 0.444. The molecule has 2 N–H and O–H groups in total. The fourth-order valence-corrected chi connectivity index (χ4v) is 2.13. The molecule has 0 radical (unpaired) electrons. The third-order valence-corrected chi connectivity index (χ3v) is 3.10. The summed E-state index contributed by atoms with van der Waals surface area (Å²) in [6.45, 7) is 0. The fraction of sp³-hybridized carbons (Fsp3) is 0. The lowest BCUT2D eigenvalue weighted by Gasteiger charge is -2.07. The molecule has 21 heavy (non-hydrogen) atoms. The molecule has 2 aromatic carbocycles. The zero-order valence-electron chi connectivity index (χ0n) is 11.1. The van der Waals surface area contributed by atoms with Crippen molar-refractivity contribution >= 4 is 5.97 Å². The Kier molecular flexibility index (Phi) is 3.43. The van der Waals surface area contributed by atoms with Crippen LogP contribution in [0.15, 0.2) is 67.0 Å². The first-order valence-electron chi connectivity index (χ1n) is 6.47. The second-order valence-electron chi connectivity index (χ2n) is 4.53. The summed E-state index contributed by atoms with van der Waals surface area (Å²) in [7, 11) is 0. The topological polar surface area (TPSA) is 62.3 Å². The van der Waals surface area contributed by atoms with Gasteiger partial charge in [0.1, 0.15) is 11.5 Å². The van der Waals surface area contributed by atoms with E-state index in [0.717, 1.165) is 11.3 Å². The van der Waals surface area contributed by atoms with E-state index in [2.05, 4.69) is 4.98 Å². The Hall–Kier alpha value is -3.01. The van der Waals surface area contributed by atoms with Crippen LogP contribution < -0.4 is 4.74 Å². The molecule has 0 aliphatic heterocycles. The number of ether oxygens (including phenoxy) is 1. The van der Waals surface area contributed by atoms with Crippen LogP contribution in [0.2, 0.25) is 0 Å². The standard InChI is InChI=1S/C17H13NO3/c19-17(20)16-11-18-10-15(16)12-5-4-8-14(9-12)21-13-6-2-1-3-7-13/h1-11,18H,(H,19,20). The van der Waals surface area contributed by atoms with Gasteiger partial charge < -0.3 is 14.8 Å². The van der Waals surface area contributed by atoms with Gasteiger partial charge in [-0.3, -0.25) is 0 Å². The molecule has 4 nitrogen and oxygen atoms in total. The zero-order chi connectivity index (χ0) is 14.7. The number of aromatic nitrogens is 1. The molecule has 0 saturated heterocycles. The Bertz CT molecular complexity index is 762. The maximum absolute atomic E-state index is 11.2. The van der Waals surface area contributed by atoms with Crippen LogP contribution in [0.3, 0.4) is 0 Å². The van der Waals surface area contributed by atoms with Gasteiger partial charge >= 0.3 is 5.97 Å². The molecular formula is C17H13NO3. The number of H-pyrrole nitrogens is 1. The second-order valence-corrected chi connectivity index (χ2v) is 4.53. The number of carboxylic acids is 1. The minimum absolute atomic E-state index is 0.242. The van der Waals surface area contributed by atoms with E-state index in [9.17, 15) is 4.79 Å². The summed E-state index contributed by atoms with van der Waals surface area (Å²) < 4.78 is 5.76. The molecule has 4 heteroatoms. The lowest BCUT2D eigenvalue weighted by atomic mass is 10.0. The van der Waals surface area contributed by atoms with Crippen molar-refractivity contribution < 1.29 is 14.6 Å². The third kappa shape index (κ3) is 2.79. The molecule has 0 unspecified atom stereocenters. The Morgan fingerprint density at radius 1 is 0.952 bits per heavy atom. The van der Waals surface area contributed by atoms with Crippen molar-refractivity contribution in [1.82, 2.24) is 4.98 Å². The third-order valence-electron chi connectivity index (χ3n) is 3.10. The Labute approximate surface area is 121 Å². The van der Waals surface area contributed by atoms with Gasteiger partial charge in [-0.1, -0.05) is 30.3 Å². The van der Waals surface area contributed by atoms with E-state index in [1.165, 1.54) is 6.20 Å². The first kappa shape index (κ1) is 13.0. The molecule has 1 aromatic heterocycles. The van der Waals surface area contributed by atoms with E-state index < -0.39 is 5.97 Å². The summed E-state index contributed by atoms with van der Waals surface area (Å²) in [5.41, 5.74) is 1.68. The number of nitrogens with one attached hydrogen (secondary N) is 1. The maximum Gasteiger partial charge on any atom is 0.337 e. The van der Waals surface area contributed by atoms with Crippen molar-refractivity contribution in [3.05, 3.63) is 72.6 Å². The molecule has 3 rings (SSSR count). The van der Waals surface area contributed by atoms with Gasteiger partial charge in [-0.05, 0) is 29.8 Å². The number of rotatable bonds is 4. The summed E-state index contributed by atoms with van der Waals surface area (Å²) in [4.78, 5) is 14.0. The fourth-order valence-electron chi connectivity index (χ4n) is 2.13. The first-order chi connectivity index (χ1) is 10.2. The van der Waals surface area contributed by atoms with Gasteiger partial charge in [-0.15, -0.1) is 0 Å². The van der Waals surface area contributed by atoms with Crippen molar-refractivity contribution in [1.29, 1.82) is 0 Å². The number of aromatic amines is 1. The van der Waals surface area contributed by atoms with E-state index in [0.29, 0.717) is 11.3 Å². The maximum atomic E-state index is 11.2. The van der Waals surface area contributed by atoms with Gasteiger partial charge in [-0.25, -0.2) is 4.79 Å². The highest BCUT2D eigenvalue weighted by Gasteiger charge is 2.13. The molecule has 0 bridgehead atoms. The van der Waals surface area contributed by atoms with Crippen LogP contribution in [0.4, 0.5) is 0 Å². The molecule has 0 aliphatic carbocycles. The Morgan fingerprint density at radius 3 is 2.48 bits per heavy atom. The van der Waals surface area contributed by atoms with Gasteiger partial charge in [0.2, 0.25) is 0 Å². The van der Waals surface area contributed by atoms with Gasteiger partial charge in [-0.2, -0.15) is 0 Å². The Balaban J connectivity index is 1.93. The van der Waals surface area contributed by atoms with Gasteiger partial charge in [0.05, 0.1) is 5.56 Å². The molecule has 0 amide bonds. The predicted molar refractivity (Wildman–Crippen MR) is 79.7 cm³/mol. The Morgan fingerprint density at radius 2 is 1.71 bits per heavy atom. The van der Waals surface area contributed by atoms with Crippen molar-refractivity contribution in [2.45, 2.75) is 0 Å². The quantitative estimate of drug-likeness (QED) is 0.753. The normalized spacial score (nSPS) is 10.3. The second kappa shape index (κ2) is 5.54. The monoisotopic (exact) mass is 279 g/mol. The number of para-hydroxylation sites is 1. The number of carboxylic acid groups (broad SMARTS) is 1. The van der Waals surface area contributed by atoms with Crippen LogP contribution in [-0.2, 0) is 0 Å². The van der Waals surface area contributed by atoms with Gasteiger partial charge in [0.15, 0.2) is 0 Å². The average Bonchev–Trinajstić information content (AvgIpc) is 2.98. The van der Waals surface area contributed by atoms with Crippen molar-refractivity contribution in [3.8, 4) is 22.6 Å². The van der Waals surface area contributed by atoms with Crippen LogP contribution in [0.5, 0.6) is 11.5 Å². The summed E-state index contributed by atoms with van der Waals surface area (Å²) in [6.07, 6.45) is 3.15. The number of hydrogen-bond acceptors (Lipinski definition) is 2. The highest BCUT2D eigenvalue weighted by molar-refractivity contribution is 5.95. The smallest absolute Gasteiger partial charge is 0.337 e. The van der Waals surface area contributed by atoms with E-state index in [4.69, 9.17) is 9.84 Å². The van der Waals surface area contributed by atoms with Crippen LogP contribution in [-0.4, -0.2) is 16.1 Å². The summed E-state index contributed by atoms with van der Waals surface area (Å²) in [5, 5.41) is 9.17. The molecule has 0 atom stereocenters. The van der Waals surface area contributed by atoms with Crippen molar-refractivity contribution in [2.75, 3.05) is 0 Å². The molecule has 0 saturated carbocycles. The van der Waals surface area contributed by atoms with E-state index in [1.807, 2.05) is 54.6 Å². The van der Waals surface area contributed by atoms with Crippen LogP contribution >= 0.6 is 0 Å². The zero-order valence-corrected chi connectivity index (χ0v) is 11.1. The molecule has 0 spiro atoms. The highest BCUT2D eigenvalue weighted by Crippen LogP contribution is 2.29. The van der Waals surface area contributed by atoms with Crippen LogP contribution in [0, 0.1) is 0 Å². The largest absolute Gasteiger partial charge is 0.478 e. The molecule has 0 aliphatic rings. The number of hydrogen-bond donors (Lipinski definition) is 2. The van der Waals surface area contributed by atoms with Crippen LogP contribution in [0.25, 0.3) is 11.1 Å². The SMILES string of the molecule is O=C(O)c1c[nH]cc1-c1cccc(Oc2ccccc2)c1. The minimum Gasteiger partial charge on any atom is -0.478 e. The molecule has 104 valence electrons. The molecule has 0 fully saturated rings. The predicted octanol–water partition coefficient (Wildman–Crippen LogP) is 4.17. The van der Waals surface area contributed by atoms with Crippen molar-refractivity contribution in [3.63, 3.8) is 0 Å². The summed E-state index contributed by atoms with van der Waals surface area (Å²) >= 11 is 0. The van der Waals surface area contributed by atoms with E-state index in [-0.39, 0.29) is 5.56 Å². The van der Waals surface area contributed by atoms with Gasteiger partial charge in [0.25, 0.3) is 0 Å². The molecule has 3 aromatic rings. The number of aromatic carboxylic acids is 1. The van der Waals surface area contributed by atoms with Crippen molar-refractivity contribution in [2.24, 2.45) is 0 Å². The lowest BCUT2D eigenvalue weighted by molar-refractivity contribution is 0.0698. The average molecular weight is 279 g/mol. The molecule has 1 heterocycles.